The maximum atomic E-state index is 12.5. The van der Waals surface area contributed by atoms with Crippen LogP contribution < -0.4 is 5.32 Å². The summed E-state index contributed by atoms with van der Waals surface area (Å²) in [6, 6.07) is 6.32. The van der Waals surface area contributed by atoms with E-state index in [2.05, 4.69) is 22.3 Å². The molecule has 0 saturated carbocycles. The number of carbonyl (C=O) groups excluding carboxylic acids is 1. The van der Waals surface area contributed by atoms with Crippen molar-refractivity contribution in [2.24, 2.45) is 0 Å². The summed E-state index contributed by atoms with van der Waals surface area (Å²) in [7, 11) is 1.77. The molecule has 4 rings (SSSR count). The summed E-state index contributed by atoms with van der Waals surface area (Å²) >= 11 is 0. The number of methoxy groups -OCH3 is 1. The average Bonchev–Trinajstić information content (AvgIpc) is 3.24. The fourth-order valence-electron chi connectivity index (χ4n) is 4.74. The summed E-state index contributed by atoms with van der Waals surface area (Å²) < 4.78 is 11.7. The molecule has 2 atom stereocenters. The number of likely N-dealkylation sites (tertiary alicyclic amines) is 1. The molecule has 1 aromatic carbocycles. The topological polar surface area (TPSA) is 50.8 Å². The van der Waals surface area contributed by atoms with Crippen molar-refractivity contribution in [3.8, 4) is 0 Å². The standard InChI is InChI=1S/C20H28N2O3/c1-24-18-8-10-22(14-20(18)9-3-11-25-20)13-19(23)21-17-7-6-15-4-2-5-16(15)12-17/h6-7,12,18H,2-5,8-11,13-14H2,1H3,(H,21,23)/t18-,20-/m0/s1. The minimum Gasteiger partial charge on any atom is -0.378 e. The van der Waals surface area contributed by atoms with Gasteiger partial charge in [0, 0.05) is 32.5 Å². The number of ether oxygens (including phenoxy) is 2. The number of benzene rings is 1. The van der Waals surface area contributed by atoms with Crippen molar-refractivity contribution in [3.05, 3.63) is 29.3 Å². The molecule has 1 aliphatic carbocycles. The van der Waals surface area contributed by atoms with Gasteiger partial charge in [0.05, 0.1) is 12.6 Å². The molecule has 1 aromatic rings. The zero-order valence-electron chi connectivity index (χ0n) is 15.1. The first-order valence-electron chi connectivity index (χ1n) is 9.49. The van der Waals surface area contributed by atoms with Gasteiger partial charge in [0.2, 0.25) is 5.91 Å². The average molecular weight is 344 g/mol. The van der Waals surface area contributed by atoms with Gasteiger partial charge in [0.15, 0.2) is 0 Å². The predicted molar refractivity (Wildman–Crippen MR) is 96.9 cm³/mol. The molecule has 1 N–H and O–H groups in total. The van der Waals surface area contributed by atoms with Crippen molar-refractivity contribution >= 4 is 11.6 Å². The summed E-state index contributed by atoms with van der Waals surface area (Å²) in [4.78, 5) is 14.7. The lowest BCUT2D eigenvalue weighted by Crippen LogP contribution is -2.58. The Morgan fingerprint density at radius 3 is 3.04 bits per heavy atom. The highest BCUT2D eigenvalue weighted by Gasteiger charge is 2.47. The Bertz CT molecular complexity index is 640. The molecule has 0 bridgehead atoms. The number of nitrogens with zero attached hydrogens (tertiary/aromatic N) is 1. The van der Waals surface area contributed by atoms with Gasteiger partial charge < -0.3 is 14.8 Å². The van der Waals surface area contributed by atoms with E-state index in [4.69, 9.17) is 9.47 Å². The van der Waals surface area contributed by atoms with E-state index in [0.29, 0.717) is 6.54 Å². The van der Waals surface area contributed by atoms with Crippen molar-refractivity contribution in [2.75, 3.05) is 38.7 Å². The number of hydrogen-bond donors (Lipinski definition) is 1. The van der Waals surface area contributed by atoms with E-state index in [0.717, 1.165) is 51.1 Å². The molecule has 2 aliphatic heterocycles. The highest BCUT2D eigenvalue weighted by atomic mass is 16.5. The molecule has 2 fully saturated rings. The summed E-state index contributed by atoms with van der Waals surface area (Å²) in [5.74, 6) is 0.0574. The van der Waals surface area contributed by atoms with E-state index < -0.39 is 0 Å². The third-order valence-electron chi connectivity index (χ3n) is 5.95. The van der Waals surface area contributed by atoms with E-state index in [1.165, 1.54) is 24.0 Å². The van der Waals surface area contributed by atoms with Crippen LogP contribution in [0.1, 0.15) is 36.8 Å². The van der Waals surface area contributed by atoms with Gasteiger partial charge in [-0.25, -0.2) is 0 Å². The number of anilines is 1. The zero-order valence-corrected chi connectivity index (χ0v) is 15.1. The lowest BCUT2D eigenvalue weighted by atomic mass is 9.87. The van der Waals surface area contributed by atoms with Crippen LogP contribution in [0.25, 0.3) is 0 Å². The highest BCUT2D eigenvalue weighted by Crippen LogP contribution is 2.36. The highest BCUT2D eigenvalue weighted by molar-refractivity contribution is 5.92. The summed E-state index contributed by atoms with van der Waals surface area (Å²) in [5, 5.41) is 3.07. The van der Waals surface area contributed by atoms with Crippen LogP contribution >= 0.6 is 0 Å². The molecule has 5 nitrogen and oxygen atoms in total. The molecule has 2 saturated heterocycles. The Morgan fingerprint density at radius 2 is 2.24 bits per heavy atom. The molecule has 0 unspecified atom stereocenters. The van der Waals surface area contributed by atoms with Gasteiger partial charge in [-0.1, -0.05) is 6.07 Å². The van der Waals surface area contributed by atoms with Crippen LogP contribution in [0.4, 0.5) is 5.69 Å². The monoisotopic (exact) mass is 344 g/mol. The van der Waals surface area contributed by atoms with Crippen molar-refractivity contribution < 1.29 is 14.3 Å². The second kappa shape index (κ2) is 7.06. The summed E-state index contributed by atoms with van der Waals surface area (Å²) in [6.07, 6.45) is 6.69. The van der Waals surface area contributed by atoms with Crippen molar-refractivity contribution in [3.63, 3.8) is 0 Å². The maximum absolute atomic E-state index is 12.5. The number of carbonyl (C=O) groups is 1. The van der Waals surface area contributed by atoms with Crippen LogP contribution in [0.2, 0.25) is 0 Å². The second-order valence-electron chi connectivity index (χ2n) is 7.63. The van der Waals surface area contributed by atoms with Crippen LogP contribution in [0.15, 0.2) is 18.2 Å². The Kier molecular flexibility index (Phi) is 4.80. The predicted octanol–water partition coefficient (Wildman–Crippen LogP) is 2.38. The van der Waals surface area contributed by atoms with Gasteiger partial charge in [-0.3, -0.25) is 9.69 Å². The maximum Gasteiger partial charge on any atom is 0.238 e. The van der Waals surface area contributed by atoms with Gasteiger partial charge in [-0.2, -0.15) is 0 Å². The minimum absolute atomic E-state index is 0.0574. The number of piperidine rings is 1. The Labute approximate surface area is 149 Å². The van der Waals surface area contributed by atoms with Crippen molar-refractivity contribution in [1.82, 2.24) is 4.90 Å². The molecule has 25 heavy (non-hydrogen) atoms. The molecule has 136 valence electrons. The number of aryl methyl sites for hydroxylation is 2. The number of nitrogens with one attached hydrogen (secondary N) is 1. The molecule has 1 spiro atoms. The molecule has 0 aromatic heterocycles. The molecule has 0 radical (unpaired) electrons. The molecule has 1 amide bonds. The van der Waals surface area contributed by atoms with E-state index in [-0.39, 0.29) is 17.6 Å². The number of amides is 1. The van der Waals surface area contributed by atoms with E-state index in [1.54, 1.807) is 7.11 Å². The van der Waals surface area contributed by atoms with Crippen LogP contribution in [-0.4, -0.2) is 55.9 Å². The van der Waals surface area contributed by atoms with E-state index >= 15 is 0 Å². The summed E-state index contributed by atoms with van der Waals surface area (Å²) in [5.41, 5.74) is 3.52. The molecule has 5 heteroatoms. The SMILES string of the molecule is CO[C@H]1CCN(CC(=O)Nc2ccc3c(c2)CCC3)C[C@@]12CCCO2. The lowest BCUT2D eigenvalue weighted by Gasteiger charge is -2.44. The van der Waals surface area contributed by atoms with Gasteiger partial charge in [-0.15, -0.1) is 0 Å². The van der Waals surface area contributed by atoms with Gasteiger partial charge in [-0.05, 0) is 61.8 Å². The largest absolute Gasteiger partial charge is 0.378 e. The normalized spacial score (nSPS) is 29.1. The van der Waals surface area contributed by atoms with Crippen molar-refractivity contribution in [2.45, 2.75) is 50.2 Å². The van der Waals surface area contributed by atoms with E-state index in [1.807, 2.05) is 6.07 Å². The molecular formula is C20H28N2O3. The Balaban J connectivity index is 1.36. The lowest BCUT2D eigenvalue weighted by molar-refractivity contribution is -0.146. The number of fused-ring (bicyclic) bond motifs is 1. The van der Waals surface area contributed by atoms with Crippen LogP contribution in [-0.2, 0) is 27.1 Å². The van der Waals surface area contributed by atoms with Crippen LogP contribution in [0, 0.1) is 0 Å². The quantitative estimate of drug-likeness (QED) is 0.911. The third-order valence-corrected chi connectivity index (χ3v) is 5.95. The number of hydrogen-bond acceptors (Lipinski definition) is 4. The molecule has 2 heterocycles. The van der Waals surface area contributed by atoms with Crippen LogP contribution in [0.5, 0.6) is 0 Å². The summed E-state index contributed by atoms with van der Waals surface area (Å²) in [6.45, 7) is 2.87. The van der Waals surface area contributed by atoms with Gasteiger partial charge in [0.1, 0.15) is 5.60 Å². The fraction of sp³-hybridized carbons (Fsp3) is 0.650. The van der Waals surface area contributed by atoms with Crippen LogP contribution in [0.3, 0.4) is 0 Å². The smallest absolute Gasteiger partial charge is 0.238 e. The van der Waals surface area contributed by atoms with E-state index in [9.17, 15) is 4.79 Å². The second-order valence-corrected chi connectivity index (χ2v) is 7.63. The van der Waals surface area contributed by atoms with Crippen molar-refractivity contribution in [1.29, 1.82) is 0 Å². The molecule has 3 aliphatic rings. The fourth-order valence-corrected chi connectivity index (χ4v) is 4.74. The molecular weight excluding hydrogens is 316 g/mol. The Morgan fingerprint density at radius 1 is 1.36 bits per heavy atom. The Hall–Kier alpha value is -1.43. The van der Waals surface area contributed by atoms with Gasteiger partial charge in [0.25, 0.3) is 0 Å². The zero-order chi connectivity index (χ0) is 17.3. The third kappa shape index (κ3) is 3.46. The number of rotatable bonds is 4. The minimum atomic E-state index is -0.221. The van der Waals surface area contributed by atoms with Gasteiger partial charge >= 0.3 is 0 Å². The first-order chi connectivity index (χ1) is 12.2. The first-order valence-corrected chi connectivity index (χ1v) is 9.49. The first kappa shape index (κ1) is 17.0.